The molecule has 0 bridgehead atoms. The number of fused-ring (bicyclic) bond motifs is 1. The van der Waals surface area contributed by atoms with Crippen LogP contribution in [0.4, 0.5) is 10.5 Å². The highest BCUT2D eigenvalue weighted by Crippen LogP contribution is 2.36. The lowest BCUT2D eigenvalue weighted by Gasteiger charge is -2.14. The van der Waals surface area contributed by atoms with Gasteiger partial charge in [0.2, 0.25) is 0 Å². The molecule has 1 N–H and O–H groups in total. The van der Waals surface area contributed by atoms with Crippen molar-refractivity contribution in [1.82, 2.24) is 0 Å². The van der Waals surface area contributed by atoms with E-state index in [1.807, 2.05) is 0 Å². The number of nitrogens with zero attached hydrogens (tertiary/aromatic N) is 1. The number of methoxy groups -OCH3 is 1. The van der Waals surface area contributed by atoms with Gasteiger partial charge in [-0.2, -0.15) is 0 Å². The summed E-state index contributed by atoms with van der Waals surface area (Å²) in [5.41, 5.74) is 1.27. The predicted molar refractivity (Wildman–Crippen MR) is 56.6 cm³/mol. The minimum Gasteiger partial charge on any atom is -0.481 e. The Morgan fingerprint density at radius 1 is 1.44 bits per heavy atom. The van der Waals surface area contributed by atoms with E-state index >= 15 is 0 Å². The van der Waals surface area contributed by atoms with Gasteiger partial charge in [-0.05, 0) is 11.6 Å². The number of hydrogen-bond acceptors (Lipinski definition) is 3. The predicted octanol–water partition coefficient (Wildman–Crippen LogP) is 1.44. The minimum absolute atomic E-state index is 0.126. The van der Waals surface area contributed by atoms with Gasteiger partial charge in [0, 0.05) is 6.54 Å². The van der Waals surface area contributed by atoms with E-state index in [1.54, 1.807) is 24.3 Å². The molecule has 84 valence electrons. The SMILES string of the molecule is COC(=O)N1CC(C(=O)O)c2ccccc21. The maximum Gasteiger partial charge on any atom is 0.414 e. The van der Waals surface area contributed by atoms with Crippen LogP contribution in [-0.4, -0.2) is 30.8 Å². The molecule has 0 aromatic heterocycles. The molecular weight excluding hydrogens is 210 g/mol. The van der Waals surface area contributed by atoms with Gasteiger partial charge in [-0.15, -0.1) is 0 Å². The average Bonchev–Trinajstić information content (AvgIpc) is 2.67. The van der Waals surface area contributed by atoms with Crippen LogP contribution >= 0.6 is 0 Å². The van der Waals surface area contributed by atoms with Crippen molar-refractivity contribution < 1.29 is 19.4 Å². The van der Waals surface area contributed by atoms with Crippen LogP contribution in [0, 0.1) is 0 Å². The molecule has 0 saturated carbocycles. The first-order chi connectivity index (χ1) is 7.65. The highest BCUT2D eigenvalue weighted by Gasteiger charge is 2.36. The molecule has 1 unspecified atom stereocenters. The van der Waals surface area contributed by atoms with Crippen LogP contribution in [0.15, 0.2) is 24.3 Å². The number of carboxylic acids is 1. The van der Waals surface area contributed by atoms with Crippen LogP contribution in [0.5, 0.6) is 0 Å². The number of para-hydroxylation sites is 1. The zero-order chi connectivity index (χ0) is 11.7. The fraction of sp³-hybridized carbons (Fsp3) is 0.273. The number of amides is 1. The molecule has 0 saturated heterocycles. The number of anilines is 1. The van der Waals surface area contributed by atoms with Crippen LogP contribution in [0.3, 0.4) is 0 Å². The molecule has 1 amide bonds. The molecule has 0 spiro atoms. The van der Waals surface area contributed by atoms with Crippen molar-refractivity contribution in [3.63, 3.8) is 0 Å². The van der Waals surface area contributed by atoms with E-state index < -0.39 is 18.0 Å². The quantitative estimate of drug-likeness (QED) is 0.779. The first-order valence-corrected chi connectivity index (χ1v) is 4.82. The van der Waals surface area contributed by atoms with E-state index in [0.29, 0.717) is 11.3 Å². The van der Waals surface area contributed by atoms with E-state index in [-0.39, 0.29) is 6.54 Å². The molecule has 0 radical (unpaired) electrons. The van der Waals surface area contributed by atoms with Gasteiger partial charge in [-0.25, -0.2) is 4.79 Å². The monoisotopic (exact) mass is 221 g/mol. The first kappa shape index (κ1) is 10.5. The zero-order valence-corrected chi connectivity index (χ0v) is 8.71. The number of rotatable bonds is 1. The van der Waals surface area contributed by atoms with Crippen molar-refractivity contribution in [2.75, 3.05) is 18.6 Å². The standard InChI is InChI=1S/C11H11NO4/c1-16-11(15)12-6-8(10(13)14)7-4-2-3-5-9(7)12/h2-5,8H,6H2,1H3,(H,13,14). The van der Waals surface area contributed by atoms with E-state index in [2.05, 4.69) is 4.74 Å². The summed E-state index contributed by atoms with van der Waals surface area (Å²) in [6.45, 7) is 0.126. The fourth-order valence-corrected chi connectivity index (χ4v) is 1.90. The molecule has 2 rings (SSSR count). The number of hydrogen-bond donors (Lipinski definition) is 1. The van der Waals surface area contributed by atoms with Crippen LogP contribution in [-0.2, 0) is 9.53 Å². The van der Waals surface area contributed by atoms with Gasteiger partial charge in [-0.3, -0.25) is 9.69 Å². The Balaban J connectivity index is 2.43. The maximum absolute atomic E-state index is 11.5. The number of ether oxygens (including phenoxy) is 1. The molecule has 5 nitrogen and oxygen atoms in total. The summed E-state index contributed by atoms with van der Waals surface area (Å²) < 4.78 is 4.61. The van der Waals surface area contributed by atoms with Gasteiger partial charge in [0.25, 0.3) is 0 Å². The molecule has 5 heteroatoms. The highest BCUT2D eigenvalue weighted by atomic mass is 16.5. The number of carboxylic acid groups (broad SMARTS) is 1. The number of carbonyl (C=O) groups excluding carboxylic acids is 1. The second kappa shape index (κ2) is 3.84. The van der Waals surface area contributed by atoms with Crippen LogP contribution in [0.1, 0.15) is 11.5 Å². The summed E-state index contributed by atoms with van der Waals surface area (Å²) in [5.74, 6) is -1.60. The molecule has 1 aromatic carbocycles. The smallest absolute Gasteiger partial charge is 0.414 e. The van der Waals surface area contributed by atoms with Crippen molar-refractivity contribution in [3.8, 4) is 0 Å². The van der Waals surface area contributed by atoms with Gasteiger partial charge in [0.1, 0.15) is 5.92 Å². The molecule has 1 aromatic rings. The van der Waals surface area contributed by atoms with Gasteiger partial charge in [0.05, 0.1) is 12.8 Å². The molecule has 1 heterocycles. The Kier molecular flexibility index (Phi) is 2.52. The van der Waals surface area contributed by atoms with Gasteiger partial charge >= 0.3 is 12.1 Å². The van der Waals surface area contributed by atoms with Gasteiger partial charge < -0.3 is 9.84 Å². The maximum atomic E-state index is 11.5. The summed E-state index contributed by atoms with van der Waals surface area (Å²) in [6.07, 6.45) is -0.531. The zero-order valence-electron chi connectivity index (χ0n) is 8.71. The Labute approximate surface area is 92.2 Å². The molecule has 16 heavy (non-hydrogen) atoms. The largest absolute Gasteiger partial charge is 0.481 e. The molecule has 1 atom stereocenters. The minimum atomic E-state index is -0.932. The molecular formula is C11H11NO4. The normalized spacial score (nSPS) is 18.1. The Morgan fingerprint density at radius 3 is 2.75 bits per heavy atom. The number of benzene rings is 1. The lowest BCUT2D eigenvalue weighted by Crippen LogP contribution is -2.30. The second-order valence-electron chi connectivity index (χ2n) is 3.53. The van der Waals surface area contributed by atoms with E-state index in [9.17, 15) is 9.59 Å². The Hall–Kier alpha value is -2.04. The Bertz CT molecular complexity index is 443. The molecule has 1 aliphatic rings. The summed E-state index contributed by atoms with van der Waals surface area (Å²) >= 11 is 0. The first-order valence-electron chi connectivity index (χ1n) is 4.82. The molecule has 1 aliphatic heterocycles. The third-order valence-electron chi connectivity index (χ3n) is 2.66. The molecule has 0 aliphatic carbocycles. The van der Waals surface area contributed by atoms with Crippen molar-refractivity contribution in [3.05, 3.63) is 29.8 Å². The summed E-state index contributed by atoms with van der Waals surface area (Å²) in [5, 5.41) is 9.05. The summed E-state index contributed by atoms with van der Waals surface area (Å²) in [4.78, 5) is 23.8. The number of aliphatic carboxylic acids is 1. The lowest BCUT2D eigenvalue weighted by molar-refractivity contribution is -0.138. The van der Waals surface area contributed by atoms with Gasteiger partial charge in [-0.1, -0.05) is 18.2 Å². The third kappa shape index (κ3) is 1.50. The van der Waals surface area contributed by atoms with Crippen molar-refractivity contribution >= 4 is 17.7 Å². The van der Waals surface area contributed by atoms with E-state index in [4.69, 9.17) is 5.11 Å². The Morgan fingerprint density at radius 2 is 2.12 bits per heavy atom. The van der Waals surface area contributed by atoms with Crippen LogP contribution < -0.4 is 4.90 Å². The second-order valence-corrected chi connectivity index (χ2v) is 3.53. The van der Waals surface area contributed by atoms with Crippen molar-refractivity contribution in [2.45, 2.75) is 5.92 Å². The van der Waals surface area contributed by atoms with E-state index in [1.165, 1.54) is 12.0 Å². The van der Waals surface area contributed by atoms with Crippen molar-refractivity contribution in [1.29, 1.82) is 0 Å². The van der Waals surface area contributed by atoms with E-state index in [0.717, 1.165) is 0 Å². The topological polar surface area (TPSA) is 66.8 Å². The van der Waals surface area contributed by atoms with Crippen LogP contribution in [0.2, 0.25) is 0 Å². The fourth-order valence-electron chi connectivity index (χ4n) is 1.90. The summed E-state index contributed by atoms with van der Waals surface area (Å²) in [6, 6.07) is 6.96. The van der Waals surface area contributed by atoms with Gasteiger partial charge in [0.15, 0.2) is 0 Å². The third-order valence-corrected chi connectivity index (χ3v) is 2.66. The molecule has 0 fully saturated rings. The van der Waals surface area contributed by atoms with Crippen LogP contribution in [0.25, 0.3) is 0 Å². The summed E-state index contributed by atoms with van der Waals surface area (Å²) in [7, 11) is 1.28. The highest BCUT2D eigenvalue weighted by molar-refractivity contribution is 5.95. The number of carbonyl (C=O) groups is 2. The van der Waals surface area contributed by atoms with Crippen molar-refractivity contribution in [2.24, 2.45) is 0 Å². The average molecular weight is 221 g/mol. The lowest BCUT2D eigenvalue weighted by atomic mass is 10.0.